The molecule has 2 aromatic rings. The van der Waals surface area contributed by atoms with E-state index in [4.69, 9.17) is 4.98 Å². The number of piperidine rings is 1. The molecule has 0 spiro atoms. The van der Waals surface area contributed by atoms with Crippen LogP contribution in [0, 0.1) is 5.92 Å². The molecule has 3 aliphatic rings. The molecule has 1 amide bonds. The van der Waals surface area contributed by atoms with E-state index in [1.807, 2.05) is 40.1 Å². The summed E-state index contributed by atoms with van der Waals surface area (Å²) in [5.41, 5.74) is 3.21. The first-order valence-corrected chi connectivity index (χ1v) is 12.1. The zero-order chi connectivity index (χ0) is 22.8. The molecule has 2 saturated heterocycles. The van der Waals surface area contributed by atoms with E-state index in [0.717, 1.165) is 62.4 Å². The van der Waals surface area contributed by atoms with Crippen molar-refractivity contribution in [3.8, 4) is 0 Å². The van der Waals surface area contributed by atoms with Crippen molar-refractivity contribution >= 4 is 17.7 Å². The standard InChI is InChI=1S/C26H32N4O3/c31-25(21-12-16-30(17-21)23(26(32)33)19-5-2-1-3-6-19)29-14-10-18(11-15-29)22-9-8-20-7-4-13-27-24(20)28-22/h1-3,5-6,8-9,18,21,23H,4,7,10-17H2,(H,27,28)(H,32,33)/t21-,23?/m1/s1. The average molecular weight is 449 g/mol. The van der Waals surface area contributed by atoms with Crippen molar-refractivity contribution in [3.63, 3.8) is 0 Å². The highest BCUT2D eigenvalue weighted by Gasteiger charge is 2.38. The Hall–Kier alpha value is -2.93. The fraction of sp³-hybridized carbons (Fsp3) is 0.500. The number of nitrogens with one attached hydrogen (secondary N) is 1. The van der Waals surface area contributed by atoms with E-state index < -0.39 is 12.0 Å². The van der Waals surface area contributed by atoms with Crippen LogP contribution >= 0.6 is 0 Å². The van der Waals surface area contributed by atoms with Crippen molar-refractivity contribution in [1.82, 2.24) is 14.8 Å². The van der Waals surface area contributed by atoms with Gasteiger partial charge < -0.3 is 15.3 Å². The minimum Gasteiger partial charge on any atom is -0.480 e. The first-order chi connectivity index (χ1) is 16.1. The van der Waals surface area contributed by atoms with E-state index in [-0.39, 0.29) is 11.8 Å². The Morgan fingerprint density at radius 2 is 1.82 bits per heavy atom. The summed E-state index contributed by atoms with van der Waals surface area (Å²) >= 11 is 0. The van der Waals surface area contributed by atoms with Crippen LogP contribution in [0.1, 0.15) is 54.5 Å². The molecule has 4 heterocycles. The molecule has 2 atom stereocenters. The smallest absolute Gasteiger partial charge is 0.325 e. The lowest BCUT2D eigenvalue weighted by Crippen LogP contribution is -2.42. The largest absolute Gasteiger partial charge is 0.480 e. The number of aliphatic carboxylic acids is 1. The topological polar surface area (TPSA) is 85.8 Å². The molecule has 2 fully saturated rings. The number of pyridine rings is 1. The Morgan fingerprint density at radius 1 is 1.03 bits per heavy atom. The lowest BCUT2D eigenvalue weighted by atomic mass is 9.91. The van der Waals surface area contributed by atoms with Gasteiger partial charge in [0, 0.05) is 44.3 Å². The van der Waals surface area contributed by atoms with Gasteiger partial charge >= 0.3 is 5.97 Å². The quantitative estimate of drug-likeness (QED) is 0.730. The zero-order valence-corrected chi connectivity index (χ0v) is 18.9. The predicted octanol–water partition coefficient (Wildman–Crippen LogP) is 3.29. The van der Waals surface area contributed by atoms with Crippen molar-refractivity contribution in [3.05, 3.63) is 59.3 Å². The van der Waals surface area contributed by atoms with E-state index >= 15 is 0 Å². The molecule has 3 aliphatic heterocycles. The van der Waals surface area contributed by atoms with Crippen molar-refractivity contribution in [2.75, 3.05) is 38.0 Å². The van der Waals surface area contributed by atoms with Crippen molar-refractivity contribution < 1.29 is 14.7 Å². The number of benzene rings is 1. The number of fused-ring (bicyclic) bond motifs is 1. The van der Waals surface area contributed by atoms with E-state index in [2.05, 4.69) is 17.4 Å². The maximum absolute atomic E-state index is 13.2. The Morgan fingerprint density at radius 3 is 2.58 bits per heavy atom. The van der Waals surface area contributed by atoms with E-state index in [9.17, 15) is 14.7 Å². The molecular formula is C26H32N4O3. The Bertz CT molecular complexity index is 1000. The van der Waals surface area contributed by atoms with Crippen LogP contribution in [0.15, 0.2) is 42.5 Å². The molecule has 0 aliphatic carbocycles. The SMILES string of the molecule is O=C(O)C(c1ccccc1)N1CC[C@@H](C(=O)N2CCC(c3ccc4c(n3)NCCC4)CC2)C1. The minimum absolute atomic E-state index is 0.127. The third kappa shape index (κ3) is 4.60. The molecule has 0 bridgehead atoms. The summed E-state index contributed by atoms with van der Waals surface area (Å²) in [6.45, 7) is 3.61. The highest BCUT2D eigenvalue weighted by molar-refractivity contribution is 5.80. The van der Waals surface area contributed by atoms with E-state index in [1.54, 1.807) is 0 Å². The fourth-order valence-corrected chi connectivity index (χ4v) is 5.59. The number of hydrogen-bond acceptors (Lipinski definition) is 5. The predicted molar refractivity (Wildman–Crippen MR) is 126 cm³/mol. The normalized spacial score (nSPS) is 22.4. The van der Waals surface area contributed by atoms with Crippen LogP contribution in [0.4, 0.5) is 5.82 Å². The molecular weight excluding hydrogens is 416 g/mol. The molecule has 7 nitrogen and oxygen atoms in total. The number of anilines is 1. The zero-order valence-electron chi connectivity index (χ0n) is 18.9. The van der Waals surface area contributed by atoms with Crippen molar-refractivity contribution in [2.45, 2.75) is 44.1 Å². The van der Waals surface area contributed by atoms with Gasteiger partial charge in [0.05, 0.1) is 5.92 Å². The average Bonchev–Trinajstić information content (AvgIpc) is 3.33. The molecule has 5 rings (SSSR count). The van der Waals surface area contributed by atoms with Gasteiger partial charge in [-0.05, 0) is 49.3 Å². The molecule has 174 valence electrons. The van der Waals surface area contributed by atoms with Gasteiger partial charge in [-0.3, -0.25) is 14.5 Å². The number of carbonyl (C=O) groups is 2. The van der Waals surface area contributed by atoms with Crippen LogP contribution in [0.2, 0.25) is 0 Å². The van der Waals surface area contributed by atoms with Gasteiger partial charge in [-0.1, -0.05) is 36.4 Å². The second kappa shape index (κ2) is 9.51. The van der Waals surface area contributed by atoms with Crippen LogP contribution < -0.4 is 5.32 Å². The number of amides is 1. The lowest BCUT2D eigenvalue weighted by Gasteiger charge is -2.34. The molecule has 0 radical (unpaired) electrons. The summed E-state index contributed by atoms with van der Waals surface area (Å²) in [5, 5.41) is 13.2. The fourth-order valence-electron chi connectivity index (χ4n) is 5.59. The third-order valence-electron chi connectivity index (χ3n) is 7.42. The molecule has 1 aromatic heterocycles. The Labute approximate surface area is 194 Å². The Balaban J connectivity index is 1.18. The summed E-state index contributed by atoms with van der Waals surface area (Å²) < 4.78 is 0. The third-order valence-corrected chi connectivity index (χ3v) is 7.42. The van der Waals surface area contributed by atoms with E-state index in [1.165, 1.54) is 5.56 Å². The number of carbonyl (C=O) groups excluding carboxylic acids is 1. The van der Waals surface area contributed by atoms with Crippen molar-refractivity contribution in [1.29, 1.82) is 0 Å². The second-order valence-corrected chi connectivity index (χ2v) is 9.51. The maximum Gasteiger partial charge on any atom is 0.325 e. The molecule has 2 N–H and O–H groups in total. The Kier molecular flexibility index (Phi) is 6.31. The molecule has 1 unspecified atom stereocenters. The van der Waals surface area contributed by atoms with Gasteiger partial charge in [0.1, 0.15) is 11.9 Å². The number of nitrogens with zero attached hydrogens (tertiary/aromatic N) is 3. The molecule has 1 aromatic carbocycles. The van der Waals surface area contributed by atoms with Crippen LogP contribution in [-0.4, -0.2) is 64.5 Å². The van der Waals surface area contributed by atoms with Crippen LogP contribution in [0.25, 0.3) is 0 Å². The number of carboxylic acids is 1. The summed E-state index contributed by atoms with van der Waals surface area (Å²) in [4.78, 5) is 34.0. The number of aryl methyl sites for hydroxylation is 1. The summed E-state index contributed by atoms with van der Waals surface area (Å²) in [7, 11) is 0. The first-order valence-electron chi connectivity index (χ1n) is 12.1. The lowest BCUT2D eigenvalue weighted by molar-refractivity contribution is -0.144. The maximum atomic E-state index is 13.2. The van der Waals surface area contributed by atoms with Gasteiger partial charge in [0.25, 0.3) is 0 Å². The second-order valence-electron chi connectivity index (χ2n) is 9.51. The summed E-state index contributed by atoms with van der Waals surface area (Å²) in [6, 6.07) is 13.0. The highest BCUT2D eigenvalue weighted by atomic mass is 16.4. The van der Waals surface area contributed by atoms with Crippen LogP contribution in [0.3, 0.4) is 0 Å². The number of carboxylic acid groups (broad SMARTS) is 1. The number of aromatic nitrogens is 1. The van der Waals surface area contributed by atoms with Gasteiger partial charge in [-0.2, -0.15) is 0 Å². The number of likely N-dealkylation sites (tertiary alicyclic amines) is 2. The summed E-state index contributed by atoms with van der Waals surface area (Å²) in [5.74, 6) is 0.612. The molecule has 0 saturated carbocycles. The van der Waals surface area contributed by atoms with Gasteiger partial charge in [0.2, 0.25) is 5.91 Å². The van der Waals surface area contributed by atoms with Crippen LogP contribution in [-0.2, 0) is 16.0 Å². The number of rotatable bonds is 5. The summed E-state index contributed by atoms with van der Waals surface area (Å²) in [6.07, 6.45) is 4.82. The van der Waals surface area contributed by atoms with Crippen molar-refractivity contribution in [2.24, 2.45) is 5.92 Å². The highest BCUT2D eigenvalue weighted by Crippen LogP contribution is 2.33. The minimum atomic E-state index is -0.859. The monoisotopic (exact) mass is 448 g/mol. The van der Waals surface area contributed by atoms with Gasteiger partial charge in [-0.15, -0.1) is 0 Å². The number of hydrogen-bond donors (Lipinski definition) is 2. The van der Waals surface area contributed by atoms with Gasteiger partial charge in [0.15, 0.2) is 0 Å². The van der Waals surface area contributed by atoms with E-state index in [0.29, 0.717) is 25.4 Å². The first kappa shape index (κ1) is 21.9. The van der Waals surface area contributed by atoms with Crippen LogP contribution in [0.5, 0.6) is 0 Å². The van der Waals surface area contributed by atoms with Gasteiger partial charge in [-0.25, -0.2) is 4.98 Å². The molecule has 33 heavy (non-hydrogen) atoms. The molecule has 7 heteroatoms.